The molecule has 3 N–H and O–H groups in total. The van der Waals surface area contributed by atoms with Crippen LogP contribution in [0.4, 0.5) is 0 Å². The van der Waals surface area contributed by atoms with E-state index in [2.05, 4.69) is 21.7 Å². The molecule has 0 aromatic carbocycles. The number of hydrogen-bond acceptors (Lipinski definition) is 4. The van der Waals surface area contributed by atoms with Crippen LogP contribution < -0.4 is 5.73 Å². The zero-order valence-electron chi connectivity index (χ0n) is 10.6. The molecule has 2 saturated carbocycles. The lowest BCUT2D eigenvalue weighted by Crippen LogP contribution is -2.24. The molecule has 0 aliphatic heterocycles. The van der Waals surface area contributed by atoms with Gasteiger partial charge in [-0.2, -0.15) is 0 Å². The highest BCUT2D eigenvalue weighted by atomic mass is 32.2. The number of rotatable bonds is 6. The lowest BCUT2D eigenvalue weighted by Gasteiger charge is -2.13. The van der Waals surface area contributed by atoms with Gasteiger partial charge in [-0.25, -0.2) is 0 Å². The molecule has 0 spiro atoms. The topological polar surface area (TPSA) is 80.6 Å². The summed E-state index contributed by atoms with van der Waals surface area (Å²) in [5, 5.41) is 17.3. The summed E-state index contributed by atoms with van der Waals surface area (Å²) in [4.78, 5) is 0. The number of aromatic nitrogens is 3. The maximum atomic E-state index is 7.60. The molecule has 1 aromatic rings. The van der Waals surface area contributed by atoms with Crippen LogP contribution in [0.25, 0.3) is 0 Å². The molecule has 1 heterocycles. The van der Waals surface area contributed by atoms with E-state index in [0.717, 1.165) is 11.6 Å². The average Bonchev–Trinajstić information content (AvgIpc) is 3.24. The quantitative estimate of drug-likeness (QED) is 0.470. The molecule has 1 unspecified atom stereocenters. The smallest absolute Gasteiger partial charge is 0.192 e. The summed E-state index contributed by atoms with van der Waals surface area (Å²) in [6.45, 7) is 2.05. The Hall–Kier alpha value is -1.04. The Morgan fingerprint density at radius 3 is 2.67 bits per heavy atom. The van der Waals surface area contributed by atoms with Gasteiger partial charge in [0.05, 0.1) is 5.25 Å². The normalized spacial score (nSPS) is 20.9. The van der Waals surface area contributed by atoms with E-state index in [-0.39, 0.29) is 11.1 Å². The first-order valence-corrected chi connectivity index (χ1v) is 7.54. The Morgan fingerprint density at radius 2 is 2.17 bits per heavy atom. The fourth-order valence-electron chi connectivity index (χ4n) is 2.16. The van der Waals surface area contributed by atoms with Gasteiger partial charge in [-0.15, -0.1) is 10.2 Å². The molecule has 0 saturated heterocycles. The molecule has 0 amide bonds. The lowest BCUT2D eigenvalue weighted by atomic mass is 10.3. The van der Waals surface area contributed by atoms with Crippen molar-refractivity contribution in [3.05, 3.63) is 5.82 Å². The van der Waals surface area contributed by atoms with Crippen molar-refractivity contribution in [3.8, 4) is 0 Å². The second-order valence-corrected chi connectivity index (χ2v) is 6.36. The minimum absolute atomic E-state index is 0.0266. The van der Waals surface area contributed by atoms with Gasteiger partial charge in [0.1, 0.15) is 11.7 Å². The van der Waals surface area contributed by atoms with Gasteiger partial charge in [0, 0.05) is 12.0 Å². The van der Waals surface area contributed by atoms with E-state index in [9.17, 15) is 0 Å². The summed E-state index contributed by atoms with van der Waals surface area (Å²) in [6.07, 6.45) is 5.83. The van der Waals surface area contributed by atoms with Crippen LogP contribution >= 0.6 is 11.8 Å². The molecule has 2 aliphatic carbocycles. The standard InChI is InChI=1S/C12H19N5S/c1-2-9(10(13)14)18-12-16-15-11(7-3-4-7)17(12)8-5-6-8/h7-9H,2-6H2,1H3,(H3,13,14). The molecular weight excluding hydrogens is 246 g/mol. The number of nitrogens with one attached hydrogen (secondary N) is 1. The fourth-order valence-corrected chi connectivity index (χ4v) is 3.15. The number of nitrogens with zero attached hydrogens (tertiary/aromatic N) is 3. The molecule has 5 nitrogen and oxygen atoms in total. The summed E-state index contributed by atoms with van der Waals surface area (Å²) in [6, 6.07) is 0.600. The van der Waals surface area contributed by atoms with Crippen LogP contribution in [0.15, 0.2) is 5.16 Å². The molecule has 3 rings (SSSR count). The van der Waals surface area contributed by atoms with Crippen molar-refractivity contribution < 1.29 is 0 Å². The van der Waals surface area contributed by atoms with Crippen LogP contribution in [-0.2, 0) is 0 Å². The van der Waals surface area contributed by atoms with Crippen molar-refractivity contribution >= 4 is 17.6 Å². The van der Waals surface area contributed by atoms with Crippen molar-refractivity contribution in [2.24, 2.45) is 5.73 Å². The van der Waals surface area contributed by atoms with Crippen LogP contribution in [0.5, 0.6) is 0 Å². The maximum absolute atomic E-state index is 7.60. The highest BCUT2D eigenvalue weighted by Gasteiger charge is 2.36. The third-order valence-electron chi connectivity index (χ3n) is 3.51. The van der Waals surface area contributed by atoms with Crippen LogP contribution in [0.2, 0.25) is 0 Å². The summed E-state index contributed by atoms with van der Waals surface area (Å²) in [5.41, 5.74) is 5.62. The van der Waals surface area contributed by atoms with E-state index in [1.165, 1.54) is 31.5 Å². The van der Waals surface area contributed by atoms with Crippen LogP contribution in [0.1, 0.15) is 56.8 Å². The van der Waals surface area contributed by atoms with Crippen molar-refractivity contribution in [2.75, 3.05) is 0 Å². The van der Waals surface area contributed by atoms with Gasteiger partial charge < -0.3 is 10.3 Å². The SMILES string of the molecule is CCC(Sc1nnc(C2CC2)n1C1CC1)C(=N)N. The number of amidine groups is 1. The second-order valence-electron chi connectivity index (χ2n) is 5.19. The van der Waals surface area contributed by atoms with E-state index in [1.54, 1.807) is 11.8 Å². The molecule has 2 fully saturated rings. The Balaban J connectivity index is 1.84. The molecule has 1 aromatic heterocycles. The van der Waals surface area contributed by atoms with E-state index < -0.39 is 0 Å². The first kappa shape index (κ1) is 12.0. The van der Waals surface area contributed by atoms with Crippen molar-refractivity contribution in [1.82, 2.24) is 14.8 Å². The first-order chi connectivity index (χ1) is 8.70. The van der Waals surface area contributed by atoms with Gasteiger partial charge in [-0.3, -0.25) is 5.41 Å². The predicted molar refractivity (Wildman–Crippen MR) is 72.1 cm³/mol. The molecule has 2 aliphatic rings. The van der Waals surface area contributed by atoms with Gasteiger partial charge in [0.2, 0.25) is 0 Å². The molecular formula is C12H19N5S. The average molecular weight is 265 g/mol. The minimum Gasteiger partial charge on any atom is -0.387 e. The molecule has 6 heteroatoms. The maximum Gasteiger partial charge on any atom is 0.192 e. The van der Waals surface area contributed by atoms with Crippen molar-refractivity contribution in [2.45, 2.75) is 61.4 Å². The summed E-state index contributed by atoms with van der Waals surface area (Å²) in [5.74, 6) is 2.03. The minimum atomic E-state index is 0.0266. The third kappa shape index (κ3) is 2.25. The monoisotopic (exact) mass is 265 g/mol. The Labute approximate surface area is 111 Å². The third-order valence-corrected chi connectivity index (χ3v) is 4.87. The molecule has 98 valence electrons. The summed E-state index contributed by atoms with van der Waals surface area (Å²) < 4.78 is 2.31. The highest BCUT2D eigenvalue weighted by molar-refractivity contribution is 8.00. The van der Waals surface area contributed by atoms with E-state index in [0.29, 0.717) is 12.0 Å². The number of thioether (sulfide) groups is 1. The van der Waals surface area contributed by atoms with Gasteiger partial charge in [0.25, 0.3) is 0 Å². The Morgan fingerprint density at radius 1 is 1.44 bits per heavy atom. The van der Waals surface area contributed by atoms with E-state index in [4.69, 9.17) is 11.1 Å². The number of hydrogen-bond donors (Lipinski definition) is 2. The summed E-state index contributed by atoms with van der Waals surface area (Å²) >= 11 is 1.60. The largest absolute Gasteiger partial charge is 0.387 e. The number of nitrogens with two attached hydrogens (primary N) is 1. The van der Waals surface area contributed by atoms with E-state index >= 15 is 0 Å². The lowest BCUT2D eigenvalue weighted by molar-refractivity contribution is 0.626. The predicted octanol–water partition coefficient (Wildman–Crippen LogP) is 2.30. The van der Waals surface area contributed by atoms with Gasteiger partial charge in [-0.1, -0.05) is 18.7 Å². The molecule has 18 heavy (non-hydrogen) atoms. The zero-order chi connectivity index (χ0) is 12.7. The van der Waals surface area contributed by atoms with Crippen molar-refractivity contribution in [1.29, 1.82) is 5.41 Å². The van der Waals surface area contributed by atoms with Crippen LogP contribution in [-0.4, -0.2) is 25.9 Å². The summed E-state index contributed by atoms with van der Waals surface area (Å²) in [7, 11) is 0. The van der Waals surface area contributed by atoms with Gasteiger partial charge in [-0.05, 0) is 32.1 Å². The fraction of sp³-hybridized carbons (Fsp3) is 0.750. The van der Waals surface area contributed by atoms with Crippen LogP contribution in [0, 0.1) is 5.41 Å². The molecule has 1 atom stereocenters. The Kier molecular flexibility index (Phi) is 3.05. The highest BCUT2D eigenvalue weighted by Crippen LogP contribution is 2.46. The molecule has 0 bridgehead atoms. The first-order valence-electron chi connectivity index (χ1n) is 6.66. The van der Waals surface area contributed by atoms with Crippen molar-refractivity contribution in [3.63, 3.8) is 0 Å². The second kappa shape index (κ2) is 4.57. The molecule has 0 radical (unpaired) electrons. The van der Waals surface area contributed by atoms with Crippen LogP contribution in [0.3, 0.4) is 0 Å². The van der Waals surface area contributed by atoms with E-state index in [1.807, 2.05) is 0 Å². The van der Waals surface area contributed by atoms with Gasteiger partial charge >= 0.3 is 0 Å². The van der Waals surface area contributed by atoms with Gasteiger partial charge in [0.15, 0.2) is 5.16 Å². The Bertz CT molecular complexity index is 461. The zero-order valence-corrected chi connectivity index (χ0v) is 11.4.